The van der Waals surface area contributed by atoms with Gasteiger partial charge in [0.05, 0.1) is 13.3 Å². The lowest BCUT2D eigenvalue weighted by atomic mass is 10.2. The SMILES string of the molecule is COc1ccc(/C=N\n2c(N)cc(C)cc2=O)cc1O. The van der Waals surface area contributed by atoms with Crippen molar-refractivity contribution in [2.45, 2.75) is 6.92 Å². The quantitative estimate of drug-likeness (QED) is 0.826. The minimum Gasteiger partial charge on any atom is -0.504 e. The molecule has 0 bridgehead atoms. The summed E-state index contributed by atoms with van der Waals surface area (Å²) in [5.74, 6) is 0.624. The topological polar surface area (TPSA) is 89.8 Å². The Balaban J connectivity index is 2.35. The largest absolute Gasteiger partial charge is 0.504 e. The number of aromatic nitrogens is 1. The van der Waals surface area contributed by atoms with Crippen LogP contribution in [0.4, 0.5) is 5.82 Å². The van der Waals surface area contributed by atoms with E-state index in [0.29, 0.717) is 11.3 Å². The van der Waals surface area contributed by atoms with Crippen molar-refractivity contribution in [3.05, 3.63) is 51.8 Å². The summed E-state index contributed by atoms with van der Waals surface area (Å²) >= 11 is 0. The zero-order valence-corrected chi connectivity index (χ0v) is 11.2. The lowest BCUT2D eigenvalue weighted by molar-refractivity contribution is 0.373. The molecule has 6 nitrogen and oxygen atoms in total. The number of nitrogen functional groups attached to an aromatic ring is 1. The van der Waals surface area contributed by atoms with Gasteiger partial charge in [0.15, 0.2) is 11.5 Å². The molecule has 104 valence electrons. The summed E-state index contributed by atoms with van der Waals surface area (Å²) in [6, 6.07) is 7.90. The first kappa shape index (κ1) is 13.7. The number of nitrogens with zero attached hydrogens (tertiary/aromatic N) is 2. The summed E-state index contributed by atoms with van der Waals surface area (Å²) in [6.45, 7) is 1.79. The van der Waals surface area contributed by atoms with Crippen LogP contribution >= 0.6 is 0 Å². The van der Waals surface area contributed by atoms with Gasteiger partial charge in [-0.2, -0.15) is 9.78 Å². The second kappa shape index (κ2) is 5.48. The normalized spacial score (nSPS) is 10.9. The maximum atomic E-state index is 11.7. The lowest BCUT2D eigenvalue weighted by Crippen LogP contribution is -2.19. The molecule has 0 radical (unpaired) electrons. The maximum Gasteiger partial charge on any atom is 0.273 e. The van der Waals surface area contributed by atoms with E-state index >= 15 is 0 Å². The van der Waals surface area contributed by atoms with Crippen LogP contribution in [0.3, 0.4) is 0 Å². The van der Waals surface area contributed by atoms with Crippen molar-refractivity contribution in [1.29, 1.82) is 0 Å². The standard InChI is InChI=1S/C14H15N3O3/c1-9-5-13(15)17(14(19)6-9)16-8-10-3-4-12(20-2)11(18)7-10/h3-8,18H,15H2,1-2H3/b16-8-. The van der Waals surface area contributed by atoms with Gasteiger partial charge in [-0.05, 0) is 42.3 Å². The Morgan fingerprint density at radius 3 is 2.70 bits per heavy atom. The van der Waals surface area contributed by atoms with Crippen molar-refractivity contribution in [2.75, 3.05) is 12.8 Å². The van der Waals surface area contributed by atoms with Gasteiger partial charge in [-0.1, -0.05) is 0 Å². The van der Waals surface area contributed by atoms with E-state index in [4.69, 9.17) is 10.5 Å². The molecule has 0 amide bonds. The number of rotatable bonds is 3. The van der Waals surface area contributed by atoms with E-state index < -0.39 is 0 Å². The van der Waals surface area contributed by atoms with Crippen LogP contribution in [0.2, 0.25) is 0 Å². The third kappa shape index (κ3) is 2.80. The Bertz CT molecular complexity index is 720. The molecule has 0 unspecified atom stereocenters. The number of hydrogen-bond donors (Lipinski definition) is 2. The average molecular weight is 273 g/mol. The third-order valence-electron chi connectivity index (χ3n) is 2.71. The lowest BCUT2D eigenvalue weighted by Gasteiger charge is -2.05. The number of hydrogen-bond acceptors (Lipinski definition) is 5. The monoisotopic (exact) mass is 273 g/mol. The molecule has 0 saturated carbocycles. The maximum absolute atomic E-state index is 11.7. The molecule has 1 heterocycles. The minimum atomic E-state index is -0.309. The number of ether oxygens (including phenoxy) is 1. The number of phenols is 1. The van der Waals surface area contributed by atoms with E-state index in [1.165, 1.54) is 25.5 Å². The summed E-state index contributed by atoms with van der Waals surface area (Å²) in [5, 5.41) is 13.7. The Morgan fingerprint density at radius 1 is 1.35 bits per heavy atom. The second-order valence-electron chi connectivity index (χ2n) is 4.28. The molecule has 0 aliphatic heterocycles. The smallest absolute Gasteiger partial charge is 0.273 e. The van der Waals surface area contributed by atoms with E-state index in [1.54, 1.807) is 25.1 Å². The number of nitrogens with two attached hydrogens (primary N) is 1. The minimum absolute atomic E-state index is 0.000625. The molecule has 20 heavy (non-hydrogen) atoms. The van der Waals surface area contributed by atoms with Gasteiger partial charge in [0.2, 0.25) is 0 Å². The van der Waals surface area contributed by atoms with Gasteiger partial charge < -0.3 is 15.6 Å². The second-order valence-corrected chi connectivity index (χ2v) is 4.28. The fourth-order valence-corrected chi connectivity index (χ4v) is 1.75. The molecule has 0 aliphatic carbocycles. The molecule has 1 aromatic heterocycles. The van der Waals surface area contributed by atoms with Crippen molar-refractivity contribution in [2.24, 2.45) is 5.10 Å². The number of aromatic hydroxyl groups is 1. The Morgan fingerprint density at radius 2 is 2.10 bits per heavy atom. The van der Waals surface area contributed by atoms with Crippen molar-refractivity contribution in [3.63, 3.8) is 0 Å². The molecular weight excluding hydrogens is 258 g/mol. The van der Waals surface area contributed by atoms with Gasteiger partial charge in [0.1, 0.15) is 5.82 Å². The highest BCUT2D eigenvalue weighted by atomic mass is 16.5. The van der Waals surface area contributed by atoms with Crippen LogP contribution < -0.4 is 16.0 Å². The van der Waals surface area contributed by atoms with Gasteiger partial charge in [0.25, 0.3) is 5.56 Å². The van der Waals surface area contributed by atoms with Crippen molar-refractivity contribution in [3.8, 4) is 11.5 Å². The fraction of sp³-hybridized carbons (Fsp3) is 0.143. The number of benzene rings is 1. The molecule has 0 atom stereocenters. The molecule has 3 N–H and O–H groups in total. The van der Waals surface area contributed by atoms with Gasteiger partial charge in [-0.3, -0.25) is 4.79 Å². The molecule has 2 aromatic rings. The third-order valence-corrected chi connectivity index (χ3v) is 2.71. The summed E-state index contributed by atoms with van der Waals surface area (Å²) in [5.41, 5.74) is 6.83. The Labute approximate surface area is 115 Å². The average Bonchev–Trinajstić information content (AvgIpc) is 2.37. The van der Waals surface area contributed by atoms with E-state index in [0.717, 1.165) is 10.2 Å². The number of anilines is 1. The Kier molecular flexibility index (Phi) is 3.74. The van der Waals surface area contributed by atoms with Crippen molar-refractivity contribution in [1.82, 2.24) is 4.68 Å². The zero-order chi connectivity index (χ0) is 14.7. The number of phenolic OH excluding ortho intramolecular Hbond substituents is 1. The fourth-order valence-electron chi connectivity index (χ4n) is 1.75. The molecular formula is C14H15N3O3. The number of aryl methyl sites for hydroxylation is 1. The first-order chi connectivity index (χ1) is 9.51. The highest BCUT2D eigenvalue weighted by molar-refractivity contribution is 5.80. The van der Waals surface area contributed by atoms with Crippen LogP contribution in [-0.2, 0) is 0 Å². The van der Waals surface area contributed by atoms with Crippen molar-refractivity contribution < 1.29 is 9.84 Å². The van der Waals surface area contributed by atoms with Crippen molar-refractivity contribution >= 4 is 12.0 Å². The van der Waals surface area contributed by atoms with E-state index in [2.05, 4.69) is 5.10 Å². The number of pyridine rings is 1. The highest BCUT2D eigenvalue weighted by Gasteiger charge is 2.02. The molecule has 0 saturated heterocycles. The zero-order valence-electron chi connectivity index (χ0n) is 11.2. The molecule has 0 spiro atoms. The van der Waals surface area contributed by atoms with Crippen LogP contribution in [0, 0.1) is 6.92 Å². The molecule has 1 aromatic carbocycles. The van der Waals surface area contributed by atoms with Crippen LogP contribution in [-0.4, -0.2) is 23.1 Å². The summed E-state index contributed by atoms with van der Waals surface area (Å²) in [6.07, 6.45) is 1.44. The first-order valence-electron chi connectivity index (χ1n) is 5.92. The summed E-state index contributed by atoms with van der Waals surface area (Å²) < 4.78 is 6.04. The molecule has 2 rings (SSSR count). The number of methoxy groups -OCH3 is 1. The molecule has 6 heteroatoms. The predicted octanol–water partition coefficient (Wildman–Crippen LogP) is 1.34. The molecule has 0 aliphatic rings. The van der Waals surface area contributed by atoms with Gasteiger partial charge in [0, 0.05) is 6.07 Å². The Hall–Kier alpha value is -2.76. The van der Waals surface area contributed by atoms with Crippen LogP contribution in [0.5, 0.6) is 11.5 Å². The van der Waals surface area contributed by atoms with Crippen LogP contribution in [0.25, 0.3) is 0 Å². The van der Waals surface area contributed by atoms with Crippen LogP contribution in [0.1, 0.15) is 11.1 Å². The van der Waals surface area contributed by atoms with Crippen LogP contribution in [0.15, 0.2) is 40.2 Å². The van der Waals surface area contributed by atoms with Gasteiger partial charge in [-0.25, -0.2) is 0 Å². The summed E-state index contributed by atoms with van der Waals surface area (Å²) in [7, 11) is 1.47. The summed E-state index contributed by atoms with van der Waals surface area (Å²) in [4.78, 5) is 11.7. The van der Waals surface area contributed by atoms with E-state index in [-0.39, 0.29) is 17.1 Å². The van der Waals surface area contributed by atoms with E-state index in [1.807, 2.05) is 0 Å². The van der Waals surface area contributed by atoms with Gasteiger partial charge in [-0.15, -0.1) is 0 Å². The van der Waals surface area contributed by atoms with E-state index in [9.17, 15) is 9.90 Å². The predicted molar refractivity (Wildman–Crippen MR) is 77.5 cm³/mol. The molecule has 0 fully saturated rings. The highest BCUT2D eigenvalue weighted by Crippen LogP contribution is 2.25. The first-order valence-corrected chi connectivity index (χ1v) is 5.92. The van der Waals surface area contributed by atoms with Gasteiger partial charge >= 0.3 is 0 Å².